The summed E-state index contributed by atoms with van der Waals surface area (Å²) in [6, 6.07) is 3.07. The van der Waals surface area contributed by atoms with Gasteiger partial charge in [-0.15, -0.1) is 0 Å². The van der Waals surface area contributed by atoms with Gasteiger partial charge in [0.05, 0.1) is 26.0 Å². The van der Waals surface area contributed by atoms with Crippen molar-refractivity contribution in [3.05, 3.63) is 52.9 Å². The number of aliphatic hydroxyl groups is 1. The average Bonchev–Trinajstić information content (AvgIpc) is 3.12. The van der Waals surface area contributed by atoms with E-state index in [1.54, 1.807) is 0 Å². The van der Waals surface area contributed by atoms with Gasteiger partial charge in [0.1, 0.15) is 17.7 Å². The molecule has 0 amide bonds. The number of halogens is 2. The molecule has 2 aliphatic rings. The SMILES string of the molecule is CC(C1CCc2c(cnn2CCO)C1)C1COC(c2cc(F)ccc2F)C(N)C1. The number of hydrogen-bond acceptors (Lipinski definition) is 4. The molecule has 1 aromatic heterocycles. The zero-order valence-corrected chi connectivity index (χ0v) is 16.7. The molecule has 4 rings (SSSR count). The van der Waals surface area contributed by atoms with Crippen molar-refractivity contribution in [2.75, 3.05) is 13.2 Å². The number of benzene rings is 1. The second-order valence-corrected chi connectivity index (χ2v) is 8.50. The van der Waals surface area contributed by atoms with Crippen molar-refractivity contribution < 1.29 is 18.6 Å². The first-order valence-corrected chi connectivity index (χ1v) is 10.4. The number of nitrogens with zero attached hydrogens (tertiary/aromatic N) is 2. The Morgan fingerprint density at radius 1 is 1.34 bits per heavy atom. The number of aromatic nitrogens is 2. The molecule has 7 heteroatoms. The predicted molar refractivity (Wildman–Crippen MR) is 105 cm³/mol. The predicted octanol–water partition coefficient (Wildman–Crippen LogP) is 3.00. The first-order chi connectivity index (χ1) is 14.0. The summed E-state index contributed by atoms with van der Waals surface area (Å²) < 4.78 is 35.6. The fourth-order valence-corrected chi connectivity index (χ4v) is 5.05. The molecule has 2 heterocycles. The second kappa shape index (κ2) is 8.50. The molecule has 0 saturated carbocycles. The summed E-state index contributed by atoms with van der Waals surface area (Å²) in [6.07, 6.45) is 5.05. The van der Waals surface area contributed by atoms with E-state index in [1.165, 1.54) is 17.3 Å². The molecule has 2 aromatic rings. The summed E-state index contributed by atoms with van der Waals surface area (Å²) in [6.45, 7) is 3.39. The van der Waals surface area contributed by atoms with E-state index >= 15 is 0 Å². The van der Waals surface area contributed by atoms with E-state index in [0.717, 1.165) is 37.8 Å². The van der Waals surface area contributed by atoms with Gasteiger partial charge < -0.3 is 15.6 Å². The van der Waals surface area contributed by atoms with Crippen LogP contribution < -0.4 is 5.73 Å². The van der Waals surface area contributed by atoms with Gasteiger partial charge in [-0.05, 0) is 67.2 Å². The van der Waals surface area contributed by atoms with E-state index in [2.05, 4.69) is 12.0 Å². The van der Waals surface area contributed by atoms with Gasteiger partial charge >= 0.3 is 0 Å². The van der Waals surface area contributed by atoms with E-state index in [9.17, 15) is 13.9 Å². The zero-order valence-electron chi connectivity index (χ0n) is 16.7. The smallest absolute Gasteiger partial charge is 0.129 e. The van der Waals surface area contributed by atoms with Gasteiger partial charge in [-0.2, -0.15) is 5.10 Å². The first kappa shape index (κ1) is 20.4. The van der Waals surface area contributed by atoms with E-state index in [0.29, 0.717) is 25.0 Å². The van der Waals surface area contributed by atoms with Crippen LogP contribution in [0.15, 0.2) is 24.4 Å². The van der Waals surface area contributed by atoms with Crippen LogP contribution in [0.2, 0.25) is 0 Å². The highest BCUT2D eigenvalue weighted by atomic mass is 19.1. The lowest BCUT2D eigenvalue weighted by atomic mass is 9.72. The highest BCUT2D eigenvalue weighted by Crippen LogP contribution is 2.40. The Labute approximate surface area is 169 Å². The van der Waals surface area contributed by atoms with Crippen molar-refractivity contribution in [3.63, 3.8) is 0 Å². The van der Waals surface area contributed by atoms with Gasteiger partial charge in [-0.3, -0.25) is 4.68 Å². The van der Waals surface area contributed by atoms with E-state index in [-0.39, 0.29) is 24.1 Å². The Hall–Kier alpha value is -1.83. The lowest BCUT2D eigenvalue weighted by Gasteiger charge is -2.40. The summed E-state index contributed by atoms with van der Waals surface area (Å²) in [5.74, 6) is 0.258. The summed E-state index contributed by atoms with van der Waals surface area (Å²) >= 11 is 0. The van der Waals surface area contributed by atoms with Gasteiger partial charge in [0, 0.05) is 17.3 Å². The Bertz CT molecular complexity index is 857. The summed E-state index contributed by atoms with van der Waals surface area (Å²) in [7, 11) is 0. The fraction of sp³-hybridized carbons (Fsp3) is 0.591. The molecule has 0 spiro atoms. The standard InChI is InChI=1S/C22H29F2N3O2/c1-13(14-2-5-21-15(8-14)11-26-27(21)6-7-28)16-9-20(25)22(29-12-16)18-10-17(23)3-4-19(18)24/h3-4,10-11,13-14,16,20,22,28H,2,5-9,12,25H2,1H3. The van der Waals surface area contributed by atoms with Gasteiger partial charge in [0.25, 0.3) is 0 Å². The third kappa shape index (κ3) is 4.09. The van der Waals surface area contributed by atoms with Crippen molar-refractivity contribution >= 4 is 0 Å². The van der Waals surface area contributed by atoms with Crippen LogP contribution in [0.25, 0.3) is 0 Å². The van der Waals surface area contributed by atoms with Crippen LogP contribution >= 0.6 is 0 Å². The van der Waals surface area contributed by atoms with Crippen molar-refractivity contribution in [2.24, 2.45) is 23.5 Å². The summed E-state index contributed by atoms with van der Waals surface area (Å²) in [5.41, 5.74) is 9.06. The van der Waals surface area contributed by atoms with Crippen molar-refractivity contribution in [3.8, 4) is 0 Å². The van der Waals surface area contributed by atoms with Crippen LogP contribution in [0.5, 0.6) is 0 Å². The van der Waals surface area contributed by atoms with Gasteiger partial charge in [0.15, 0.2) is 0 Å². The molecular weight excluding hydrogens is 376 g/mol. The minimum Gasteiger partial charge on any atom is -0.394 e. The minimum absolute atomic E-state index is 0.0956. The maximum atomic E-state index is 14.1. The van der Waals surface area contributed by atoms with Crippen molar-refractivity contribution in [1.29, 1.82) is 0 Å². The monoisotopic (exact) mass is 405 g/mol. The van der Waals surface area contributed by atoms with Gasteiger partial charge in [-0.25, -0.2) is 8.78 Å². The highest BCUT2D eigenvalue weighted by molar-refractivity contribution is 5.24. The Morgan fingerprint density at radius 3 is 2.93 bits per heavy atom. The molecule has 29 heavy (non-hydrogen) atoms. The Balaban J connectivity index is 1.41. The van der Waals surface area contributed by atoms with Crippen LogP contribution in [-0.4, -0.2) is 34.1 Å². The zero-order chi connectivity index (χ0) is 20.5. The van der Waals surface area contributed by atoms with Gasteiger partial charge in [-0.1, -0.05) is 6.92 Å². The molecule has 1 aliphatic carbocycles. The first-order valence-electron chi connectivity index (χ1n) is 10.4. The van der Waals surface area contributed by atoms with Crippen LogP contribution in [0.4, 0.5) is 8.78 Å². The summed E-state index contributed by atoms with van der Waals surface area (Å²) in [4.78, 5) is 0. The molecule has 1 fully saturated rings. The number of fused-ring (bicyclic) bond motifs is 1. The fourth-order valence-electron chi connectivity index (χ4n) is 5.05. The lowest BCUT2D eigenvalue weighted by Crippen LogP contribution is -2.43. The topological polar surface area (TPSA) is 73.3 Å². The Kier molecular flexibility index (Phi) is 5.99. The van der Waals surface area contributed by atoms with Crippen molar-refractivity contribution in [2.45, 2.75) is 51.3 Å². The summed E-state index contributed by atoms with van der Waals surface area (Å²) in [5, 5.41) is 13.6. The molecule has 3 N–H and O–H groups in total. The van der Waals surface area contributed by atoms with Gasteiger partial charge in [0.2, 0.25) is 0 Å². The number of ether oxygens (including phenoxy) is 1. The Morgan fingerprint density at radius 2 is 2.17 bits per heavy atom. The van der Waals surface area contributed by atoms with Crippen LogP contribution in [0, 0.1) is 29.4 Å². The van der Waals surface area contributed by atoms with E-state index in [1.807, 2.05) is 10.9 Å². The average molecular weight is 405 g/mol. The molecule has 5 atom stereocenters. The van der Waals surface area contributed by atoms with Crippen LogP contribution in [-0.2, 0) is 24.1 Å². The van der Waals surface area contributed by atoms with Crippen molar-refractivity contribution in [1.82, 2.24) is 9.78 Å². The van der Waals surface area contributed by atoms with Crippen LogP contribution in [0.3, 0.4) is 0 Å². The lowest BCUT2D eigenvalue weighted by molar-refractivity contribution is -0.0542. The van der Waals surface area contributed by atoms with E-state index in [4.69, 9.17) is 10.5 Å². The third-order valence-corrected chi connectivity index (χ3v) is 6.79. The maximum absolute atomic E-state index is 14.1. The molecule has 5 unspecified atom stereocenters. The number of rotatable bonds is 5. The normalized spacial score (nSPS) is 28.2. The number of hydrogen-bond donors (Lipinski definition) is 2. The molecule has 158 valence electrons. The molecule has 1 aromatic carbocycles. The largest absolute Gasteiger partial charge is 0.394 e. The molecule has 1 saturated heterocycles. The number of aliphatic hydroxyl groups excluding tert-OH is 1. The number of nitrogens with two attached hydrogens (primary N) is 1. The quantitative estimate of drug-likeness (QED) is 0.802. The second-order valence-electron chi connectivity index (χ2n) is 8.50. The molecule has 0 bridgehead atoms. The molecule has 0 radical (unpaired) electrons. The molecule has 5 nitrogen and oxygen atoms in total. The third-order valence-electron chi connectivity index (χ3n) is 6.79. The highest BCUT2D eigenvalue weighted by Gasteiger charge is 2.37. The minimum atomic E-state index is -0.608. The molecular formula is C22H29F2N3O2. The van der Waals surface area contributed by atoms with E-state index < -0.39 is 17.7 Å². The van der Waals surface area contributed by atoms with Crippen LogP contribution in [0.1, 0.15) is 42.7 Å². The molecule has 1 aliphatic heterocycles. The maximum Gasteiger partial charge on any atom is 0.129 e.